The third kappa shape index (κ3) is 16.1. The fourth-order valence-electron chi connectivity index (χ4n) is 4.15. The van der Waals surface area contributed by atoms with Gasteiger partial charge in [0, 0.05) is 32.7 Å². The first-order valence-corrected chi connectivity index (χ1v) is 12.8. The number of rotatable bonds is 16. The van der Waals surface area contributed by atoms with E-state index in [9.17, 15) is 0 Å². The van der Waals surface area contributed by atoms with E-state index >= 15 is 0 Å². The summed E-state index contributed by atoms with van der Waals surface area (Å²) < 4.78 is 0. The summed E-state index contributed by atoms with van der Waals surface area (Å²) in [7, 11) is 0. The van der Waals surface area contributed by atoms with Crippen LogP contribution in [0.4, 0.5) is 0 Å². The summed E-state index contributed by atoms with van der Waals surface area (Å²) in [5.41, 5.74) is 4.64. The molecular formula is C30H51Y-. The minimum atomic E-state index is 0. The van der Waals surface area contributed by atoms with E-state index in [1.165, 1.54) is 107 Å². The predicted octanol–water partition coefficient (Wildman–Crippen LogP) is 10.5. The quantitative estimate of drug-likeness (QED) is 0.120. The van der Waals surface area contributed by atoms with Gasteiger partial charge in [0.25, 0.3) is 0 Å². The van der Waals surface area contributed by atoms with Crippen molar-refractivity contribution in [1.82, 2.24) is 0 Å². The second-order valence-electron chi connectivity index (χ2n) is 8.28. The minimum absolute atomic E-state index is 0. The molecule has 1 aromatic rings. The second kappa shape index (κ2) is 24.4. The van der Waals surface area contributed by atoms with Crippen molar-refractivity contribution in [1.29, 1.82) is 0 Å². The van der Waals surface area contributed by atoms with Crippen molar-refractivity contribution in [3.63, 3.8) is 0 Å². The van der Waals surface area contributed by atoms with Gasteiger partial charge in [-0.1, -0.05) is 121 Å². The molecule has 31 heavy (non-hydrogen) atoms. The smallest absolute Gasteiger partial charge is 0 e. The van der Waals surface area contributed by atoms with Crippen molar-refractivity contribution in [2.24, 2.45) is 0 Å². The van der Waals surface area contributed by atoms with Gasteiger partial charge in [0.2, 0.25) is 0 Å². The molecule has 1 radical (unpaired) electrons. The Labute approximate surface area is 221 Å². The summed E-state index contributed by atoms with van der Waals surface area (Å²) in [6.45, 7) is 6.29. The van der Waals surface area contributed by atoms with Crippen LogP contribution in [0, 0.1) is 7.43 Å². The number of fused-ring (bicyclic) bond motifs is 1. The first kappa shape index (κ1) is 33.0. The van der Waals surface area contributed by atoms with E-state index in [0.717, 1.165) is 6.42 Å². The Bertz CT molecular complexity index is 555. The zero-order chi connectivity index (χ0) is 21.0. The molecule has 0 saturated carbocycles. The summed E-state index contributed by atoms with van der Waals surface area (Å²) in [6, 6.07) is 8.93. The maximum atomic E-state index is 2.45. The largest absolute Gasteiger partial charge is 0.358 e. The summed E-state index contributed by atoms with van der Waals surface area (Å²) in [4.78, 5) is 0. The molecule has 1 aliphatic rings. The van der Waals surface area contributed by atoms with Crippen molar-refractivity contribution in [2.75, 3.05) is 0 Å². The standard InChI is InChI=1S/C27H42.C2H6.CH3.Y/c1-2-3-4-5-6-7-8-9-10-11-12-13-14-15-16-17-20-25-23-24-26-21-18-19-22-27(25)26;1-2;;/h9-10,18-19,21-23H,2-8,11-17,20,24H2,1H3;1-2H3;1H3;/q;;-1;/b10-9-;;;. The fourth-order valence-corrected chi connectivity index (χ4v) is 4.15. The molecule has 1 aliphatic carbocycles. The summed E-state index contributed by atoms with van der Waals surface area (Å²) >= 11 is 0. The van der Waals surface area contributed by atoms with Crippen molar-refractivity contribution >= 4 is 5.57 Å². The van der Waals surface area contributed by atoms with Crippen molar-refractivity contribution < 1.29 is 32.7 Å². The van der Waals surface area contributed by atoms with E-state index in [0.29, 0.717) is 0 Å². The van der Waals surface area contributed by atoms with E-state index in [-0.39, 0.29) is 40.1 Å². The van der Waals surface area contributed by atoms with Crippen LogP contribution in [0.5, 0.6) is 0 Å². The summed E-state index contributed by atoms with van der Waals surface area (Å²) in [5, 5.41) is 0. The predicted molar refractivity (Wildman–Crippen MR) is 140 cm³/mol. The Balaban J connectivity index is 0. The molecule has 1 aromatic carbocycles. The van der Waals surface area contributed by atoms with Gasteiger partial charge in [0.05, 0.1) is 0 Å². The van der Waals surface area contributed by atoms with Crippen LogP contribution in [0.3, 0.4) is 0 Å². The molecule has 0 spiro atoms. The van der Waals surface area contributed by atoms with Gasteiger partial charge < -0.3 is 7.43 Å². The molecule has 2 rings (SSSR count). The number of allylic oxidation sites excluding steroid dienone is 4. The van der Waals surface area contributed by atoms with Crippen LogP contribution < -0.4 is 0 Å². The third-order valence-electron chi connectivity index (χ3n) is 5.89. The fraction of sp³-hybridized carbons (Fsp3) is 0.633. The van der Waals surface area contributed by atoms with Crippen molar-refractivity contribution in [2.45, 2.75) is 124 Å². The van der Waals surface area contributed by atoms with Crippen LogP contribution in [-0.2, 0) is 39.1 Å². The molecule has 0 heterocycles. The van der Waals surface area contributed by atoms with Gasteiger partial charge in [0.15, 0.2) is 0 Å². The molecule has 0 aliphatic heterocycles. The van der Waals surface area contributed by atoms with Gasteiger partial charge in [-0.15, -0.1) is 0 Å². The Morgan fingerprint density at radius 3 is 1.84 bits per heavy atom. The molecular weight excluding hydrogens is 449 g/mol. The zero-order valence-electron chi connectivity index (χ0n) is 21.4. The normalized spacial score (nSPS) is 11.8. The molecule has 0 unspecified atom stereocenters. The van der Waals surface area contributed by atoms with Gasteiger partial charge in [-0.3, -0.25) is 0 Å². The maximum Gasteiger partial charge on any atom is 0 e. The monoisotopic (exact) mass is 500 g/mol. The second-order valence-corrected chi connectivity index (χ2v) is 8.28. The van der Waals surface area contributed by atoms with E-state index in [2.05, 4.69) is 49.4 Å². The molecule has 175 valence electrons. The van der Waals surface area contributed by atoms with Crippen LogP contribution >= 0.6 is 0 Å². The van der Waals surface area contributed by atoms with Crippen LogP contribution in [0.1, 0.15) is 128 Å². The van der Waals surface area contributed by atoms with Crippen LogP contribution in [0.15, 0.2) is 42.5 Å². The molecule has 0 aromatic heterocycles. The van der Waals surface area contributed by atoms with E-state index < -0.39 is 0 Å². The molecule has 0 atom stereocenters. The zero-order valence-corrected chi connectivity index (χ0v) is 24.3. The van der Waals surface area contributed by atoms with E-state index in [1.807, 2.05) is 13.8 Å². The van der Waals surface area contributed by atoms with Crippen LogP contribution in [0.2, 0.25) is 0 Å². The molecule has 0 nitrogen and oxygen atoms in total. The average molecular weight is 501 g/mol. The summed E-state index contributed by atoms with van der Waals surface area (Å²) in [6.07, 6.45) is 29.1. The Morgan fingerprint density at radius 2 is 1.23 bits per heavy atom. The van der Waals surface area contributed by atoms with Gasteiger partial charge in [-0.25, -0.2) is 0 Å². The van der Waals surface area contributed by atoms with E-state index in [4.69, 9.17) is 0 Å². The van der Waals surface area contributed by atoms with Gasteiger partial charge in [-0.05, 0) is 61.6 Å². The number of hydrogen-bond acceptors (Lipinski definition) is 0. The average Bonchev–Trinajstić information content (AvgIpc) is 3.18. The first-order valence-electron chi connectivity index (χ1n) is 12.8. The Morgan fingerprint density at radius 1 is 0.710 bits per heavy atom. The molecule has 0 amide bonds. The molecule has 0 saturated heterocycles. The van der Waals surface area contributed by atoms with Crippen molar-refractivity contribution in [3.8, 4) is 0 Å². The number of benzene rings is 1. The third-order valence-corrected chi connectivity index (χ3v) is 5.89. The van der Waals surface area contributed by atoms with Crippen molar-refractivity contribution in [3.05, 3.63) is 61.0 Å². The van der Waals surface area contributed by atoms with E-state index in [1.54, 1.807) is 5.57 Å². The molecule has 0 fully saturated rings. The first-order chi connectivity index (χ1) is 14.4. The van der Waals surface area contributed by atoms with Crippen LogP contribution in [-0.4, -0.2) is 0 Å². The summed E-state index contributed by atoms with van der Waals surface area (Å²) in [5.74, 6) is 0. The molecule has 1 heteroatoms. The SMILES string of the molecule is CC.CCCCCCCC/C=C\CCCCCCCCC1=CCc2ccccc21.[CH3-].[Y]. The Kier molecular flexibility index (Phi) is 26.0. The van der Waals surface area contributed by atoms with Gasteiger partial charge in [-0.2, -0.15) is 0 Å². The van der Waals surface area contributed by atoms with Gasteiger partial charge in [0.1, 0.15) is 0 Å². The Hall–Kier alpha value is -0.196. The number of unbranched alkanes of at least 4 members (excludes halogenated alkanes) is 12. The van der Waals surface area contributed by atoms with Gasteiger partial charge >= 0.3 is 0 Å². The van der Waals surface area contributed by atoms with Crippen LogP contribution in [0.25, 0.3) is 5.57 Å². The molecule has 0 bridgehead atoms. The topological polar surface area (TPSA) is 0 Å². The molecule has 0 N–H and O–H groups in total. The maximum absolute atomic E-state index is 2.45. The number of hydrogen-bond donors (Lipinski definition) is 0. The minimum Gasteiger partial charge on any atom is -0.358 e.